The van der Waals surface area contributed by atoms with Gasteiger partial charge in [0.2, 0.25) is 0 Å². The Balaban J connectivity index is 2.09. The molecule has 0 radical (unpaired) electrons. The van der Waals surface area contributed by atoms with Gasteiger partial charge in [-0.15, -0.1) is 0 Å². The summed E-state index contributed by atoms with van der Waals surface area (Å²) in [6.07, 6.45) is 7.77. The maximum atomic E-state index is 11.2. The van der Waals surface area contributed by atoms with E-state index in [4.69, 9.17) is 4.74 Å². The number of esters is 1. The van der Waals surface area contributed by atoms with E-state index in [1.165, 1.54) is 19.3 Å². The van der Waals surface area contributed by atoms with Crippen molar-refractivity contribution in [1.82, 2.24) is 0 Å². The molecule has 0 unspecified atom stereocenters. The average molecular weight is 220 g/mol. The fourth-order valence-electron chi connectivity index (χ4n) is 1.48. The molecule has 0 fully saturated rings. The van der Waals surface area contributed by atoms with Crippen LogP contribution >= 0.6 is 0 Å². The van der Waals surface area contributed by atoms with Gasteiger partial charge in [-0.1, -0.05) is 44.1 Å². The molecule has 16 heavy (non-hydrogen) atoms. The topological polar surface area (TPSA) is 26.3 Å². The summed E-state index contributed by atoms with van der Waals surface area (Å²) in [6, 6.07) is 0. The molecule has 1 aliphatic carbocycles. The predicted octanol–water partition coefficient (Wildman–Crippen LogP) is 3.08. The molecule has 0 heterocycles. The first kappa shape index (κ1) is 12.8. The van der Waals surface area contributed by atoms with Crippen LogP contribution in [-0.4, -0.2) is 12.6 Å². The van der Waals surface area contributed by atoms with Gasteiger partial charge in [0.15, 0.2) is 0 Å². The maximum Gasteiger partial charge on any atom is 0.317 e. The van der Waals surface area contributed by atoms with Crippen molar-refractivity contribution in [2.45, 2.75) is 46.0 Å². The molecule has 0 N–H and O–H groups in total. The Morgan fingerprint density at radius 1 is 1.38 bits per heavy atom. The Bertz CT molecular complexity index is 317. The first-order valence-electron chi connectivity index (χ1n) is 6.16. The van der Waals surface area contributed by atoms with Crippen molar-refractivity contribution in [3.8, 4) is 11.8 Å². The first-order chi connectivity index (χ1) is 7.79. The lowest BCUT2D eigenvalue weighted by molar-refractivity contribution is -0.143. The molecule has 0 bridgehead atoms. The predicted molar refractivity (Wildman–Crippen MR) is 64.7 cm³/mol. The van der Waals surface area contributed by atoms with Gasteiger partial charge in [0.1, 0.15) is 5.92 Å². The Labute approximate surface area is 98.1 Å². The van der Waals surface area contributed by atoms with Gasteiger partial charge >= 0.3 is 5.97 Å². The highest BCUT2D eigenvalue weighted by Gasteiger charge is 2.31. The average Bonchev–Trinajstić information content (AvgIpc) is 3.03. The second-order valence-electron chi connectivity index (χ2n) is 3.96. The van der Waals surface area contributed by atoms with Crippen molar-refractivity contribution in [3.63, 3.8) is 0 Å². The van der Waals surface area contributed by atoms with E-state index < -0.39 is 0 Å². The number of rotatable bonds is 6. The number of unbranched alkanes of at least 4 members (excludes halogenated alkanes) is 4. The van der Waals surface area contributed by atoms with E-state index in [0.29, 0.717) is 6.61 Å². The van der Waals surface area contributed by atoms with Crippen molar-refractivity contribution in [3.05, 3.63) is 11.6 Å². The van der Waals surface area contributed by atoms with Gasteiger partial charge in [-0.3, -0.25) is 4.79 Å². The molecule has 1 atom stereocenters. The summed E-state index contributed by atoms with van der Waals surface area (Å²) in [5.74, 6) is 5.85. The van der Waals surface area contributed by atoms with Gasteiger partial charge in [-0.25, -0.2) is 0 Å². The van der Waals surface area contributed by atoms with Crippen LogP contribution in [0.3, 0.4) is 0 Å². The van der Waals surface area contributed by atoms with Gasteiger partial charge in [0.25, 0.3) is 0 Å². The van der Waals surface area contributed by atoms with Crippen molar-refractivity contribution in [2.24, 2.45) is 5.92 Å². The second kappa shape index (κ2) is 7.11. The van der Waals surface area contributed by atoms with Crippen LogP contribution in [-0.2, 0) is 9.53 Å². The van der Waals surface area contributed by atoms with E-state index in [-0.39, 0.29) is 11.9 Å². The highest BCUT2D eigenvalue weighted by Crippen LogP contribution is 2.29. The molecule has 2 heteroatoms. The summed E-state index contributed by atoms with van der Waals surface area (Å²) in [6.45, 7) is 4.46. The molecule has 88 valence electrons. The van der Waals surface area contributed by atoms with Gasteiger partial charge in [-0.05, 0) is 13.3 Å². The lowest BCUT2D eigenvalue weighted by Crippen LogP contribution is -2.07. The standard InChI is InChI=1S/C14H20O2/c1-3-5-6-7-8-9-10-12-11-13(12)14(15)16-4-2/h11,13H,3-8H2,1-2H3/t13-/m1/s1. The molecule has 1 aliphatic rings. The van der Waals surface area contributed by atoms with Crippen LogP contribution in [0.4, 0.5) is 0 Å². The van der Waals surface area contributed by atoms with Crippen LogP contribution in [0.1, 0.15) is 46.0 Å². The third-order valence-electron chi connectivity index (χ3n) is 2.50. The minimum Gasteiger partial charge on any atom is -0.465 e. The minimum absolute atomic E-state index is 0.136. The van der Waals surface area contributed by atoms with Crippen molar-refractivity contribution in [1.29, 1.82) is 0 Å². The van der Waals surface area contributed by atoms with Crippen LogP contribution in [0.15, 0.2) is 11.6 Å². The van der Waals surface area contributed by atoms with Gasteiger partial charge in [0, 0.05) is 12.0 Å². The molecule has 0 amide bonds. The molecule has 0 aromatic carbocycles. The normalized spacial score (nSPS) is 17.1. The summed E-state index contributed by atoms with van der Waals surface area (Å²) in [5, 5.41) is 0. The maximum absolute atomic E-state index is 11.2. The molecular formula is C14H20O2. The zero-order valence-corrected chi connectivity index (χ0v) is 10.2. The highest BCUT2D eigenvalue weighted by molar-refractivity contribution is 5.85. The molecule has 2 nitrogen and oxygen atoms in total. The molecule has 0 aromatic rings. The third kappa shape index (κ3) is 4.53. The SMILES string of the molecule is CCCCCCC#CC1=C[C@H]1C(=O)OCC. The van der Waals surface area contributed by atoms with E-state index in [0.717, 1.165) is 18.4 Å². The lowest BCUT2D eigenvalue weighted by atomic mass is 10.1. The summed E-state index contributed by atoms with van der Waals surface area (Å²) in [4.78, 5) is 11.2. The minimum atomic E-state index is -0.155. The number of ether oxygens (including phenoxy) is 1. The van der Waals surface area contributed by atoms with Crippen molar-refractivity contribution < 1.29 is 9.53 Å². The fraction of sp³-hybridized carbons (Fsp3) is 0.643. The van der Waals surface area contributed by atoms with E-state index in [1.807, 2.05) is 13.0 Å². The van der Waals surface area contributed by atoms with E-state index in [1.54, 1.807) is 0 Å². The molecule has 0 aromatic heterocycles. The Kier molecular flexibility index (Phi) is 5.71. The Morgan fingerprint density at radius 2 is 2.19 bits per heavy atom. The summed E-state index contributed by atoms with van der Waals surface area (Å²) in [7, 11) is 0. The zero-order valence-electron chi connectivity index (χ0n) is 10.2. The van der Waals surface area contributed by atoms with Crippen LogP contribution in [0.2, 0.25) is 0 Å². The summed E-state index contributed by atoms with van der Waals surface area (Å²) >= 11 is 0. The van der Waals surface area contributed by atoms with Crippen LogP contribution in [0.5, 0.6) is 0 Å². The zero-order chi connectivity index (χ0) is 11.8. The van der Waals surface area contributed by atoms with Gasteiger partial charge < -0.3 is 4.74 Å². The molecular weight excluding hydrogens is 200 g/mol. The van der Waals surface area contributed by atoms with E-state index in [9.17, 15) is 4.79 Å². The molecule has 0 aliphatic heterocycles. The van der Waals surface area contributed by atoms with Crippen molar-refractivity contribution in [2.75, 3.05) is 6.61 Å². The molecule has 0 spiro atoms. The smallest absolute Gasteiger partial charge is 0.317 e. The second-order valence-corrected chi connectivity index (χ2v) is 3.96. The largest absolute Gasteiger partial charge is 0.465 e. The highest BCUT2D eigenvalue weighted by atomic mass is 16.5. The number of hydrogen-bond donors (Lipinski definition) is 0. The molecule has 0 saturated carbocycles. The molecule has 0 saturated heterocycles. The quantitative estimate of drug-likeness (QED) is 0.390. The Morgan fingerprint density at radius 3 is 2.88 bits per heavy atom. The molecule has 1 rings (SSSR count). The van der Waals surface area contributed by atoms with Crippen LogP contribution < -0.4 is 0 Å². The monoisotopic (exact) mass is 220 g/mol. The third-order valence-corrected chi connectivity index (χ3v) is 2.50. The Hall–Kier alpha value is -1.23. The van der Waals surface area contributed by atoms with Gasteiger partial charge in [-0.2, -0.15) is 0 Å². The number of carbonyl (C=O) groups excluding carboxylic acids is 1. The van der Waals surface area contributed by atoms with Crippen molar-refractivity contribution >= 4 is 5.97 Å². The van der Waals surface area contributed by atoms with Crippen LogP contribution in [0.25, 0.3) is 0 Å². The number of carbonyl (C=O) groups is 1. The number of hydrogen-bond acceptors (Lipinski definition) is 2. The summed E-state index contributed by atoms with van der Waals surface area (Å²) in [5.41, 5.74) is 0.939. The van der Waals surface area contributed by atoms with Gasteiger partial charge in [0.05, 0.1) is 6.61 Å². The fourth-order valence-corrected chi connectivity index (χ4v) is 1.48. The van der Waals surface area contributed by atoms with E-state index >= 15 is 0 Å². The first-order valence-corrected chi connectivity index (χ1v) is 6.16. The van der Waals surface area contributed by atoms with E-state index in [2.05, 4.69) is 18.8 Å². The van der Waals surface area contributed by atoms with Crippen LogP contribution in [0, 0.1) is 17.8 Å². The summed E-state index contributed by atoms with van der Waals surface area (Å²) < 4.78 is 4.90. The lowest BCUT2D eigenvalue weighted by Gasteiger charge is -1.97.